The highest BCUT2D eigenvalue weighted by Gasteiger charge is 2.07. The van der Waals surface area contributed by atoms with Crippen LogP contribution < -0.4 is 0 Å². The van der Waals surface area contributed by atoms with E-state index in [0.29, 0.717) is 0 Å². The van der Waals surface area contributed by atoms with Gasteiger partial charge < -0.3 is 0 Å². The summed E-state index contributed by atoms with van der Waals surface area (Å²) in [5.74, 6) is 2.94. The van der Waals surface area contributed by atoms with E-state index in [1.807, 2.05) is 42.1 Å². The number of benzene rings is 1. The maximum Gasteiger partial charge on any atom is 0.0808 e. The first-order chi connectivity index (χ1) is 7.92. The zero-order valence-electron chi connectivity index (χ0n) is 8.94. The topological polar surface area (TPSA) is 17.8 Å². The molecule has 0 saturated heterocycles. The van der Waals surface area contributed by atoms with Crippen molar-refractivity contribution in [1.29, 1.82) is 0 Å². The maximum absolute atomic E-state index is 4.16. The molecule has 3 aromatic rings. The van der Waals surface area contributed by atoms with Gasteiger partial charge in [0.15, 0.2) is 0 Å². The molecule has 0 aliphatic rings. The molecule has 0 fully saturated rings. The summed E-state index contributed by atoms with van der Waals surface area (Å²) < 4.78 is 2.00. The average Bonchev–Trinajstić information content (AvgIpc) is 2.66. The maximum atomic E-state index is 4.16. The molecule has 0 bridgehead atoms. The van der Waals surface area contributed by atoms with Gasteiger partial charge in [0.25, 0.3) is 0 Å². The van der Waals surface area contributed by atoms with Crippen LogP contribution in [0.15, 0.2) is 42.7 Å². The summed E-state index contributed by atoms with van der Waals surface area (Å²) in [7, 11) is 0. The zero-order chi connectivity index (χ0) is 11.0. The fourth-order valence-corrected chi connectivity index (χ4v) is 2.05. The van der Waals surface area contributed by atoms with Gasteiger partial charge in [-0.3, -0.25) is 9.55 Å². The molecule has 1 aromatic carbocycles. The average molecular weight is 206 g/mol. The lowest BCUT2D eigenvalue weighted by Crippen LogP contribution is -1.87. The summed E-state index contributed by atoms with van der Waals surface area (Å²) in [6, 6.07) is 13.4. The van der Waals surface area contributed by atoms with Gasteiger partial charge in [0.2, 0.25) is 0 Å². The summed E-state index contributed by atoms with van der Waals surface area (Å²) in [6.07, 6.45) is 3.68. The van der Waals surface area contributed by atoms with Gasteiger partial charge in [-0.1, -0.05) is 24.1 Å². The molecule has 0 aliphatic carbocycles. The minimum atomic E-state index is 1.07. The standard InChI is InChI=1S/C14H10N2/c1-2-9-16-13-6-4-3-5-11(13)12-7-8-15-10-14(12)16/h3-8,10H,1H3. The van der Waals surface area contributed by atoms with Crippen molar-refractivity contribution in [3.63, 3.8) is 0 Å². The van der Waals surface area contributed by atoms with Crippen molar-refractivity contribution in [2.24, 2.45) is 0 Å². The quantitative estimate of drug-likeness (QED) is 0.517. The van der Waals surface area contributed by atoms with E-state index in [2.05, 4.69) is 29.1 Å². The van der Waals surface area contributed by atoms with Crippen LogP contribution in [0.5, 0.6) is 0 Å². The molecular weight excluding hydrogens is 196 g/mol. The van der Waals surface area contributed by atoms with E-state index in [0.717, 1.165) is 11.0 Å². The summed E-state index contributed by atoms with van der Waals surface area (Å²) in [5.41, 5.74) is 2.21. The molecule has 2 heteroatoms. The summed E-state index contributed by atoms with van der Waals surface area (Å²) in [6.45, 7) is 1.84. The number of aromatic nitrogens is 2. The van der Waals surface area contributed by atoms with Crippen molar-refractivity contribution < 1.29 is 0 Å². The third kappa shape index (κ3) is 1.12. The highest BCUT2D eigenvalue weighted by molar-refractivity contribution is 6.08. The Morgan fingerprint density at radius 1 is 1.06 bits per heavy atom. The lowest BCUT2D eigenvalue weighted by Gasteiger charge is -1.94. The third-order valence-corrected chi connectivity index (χ3v) is 2.70. The number of rotatable bonds is 0. The van der Waals surface area contributed by atoms with Gasteiger partial charge in [-0.25, -0.2) is 0 Å². The van der Waals surface area contributed by atoms with Crippen LogP contribution in [0.4, 0.5) is 0 Å². The number of fused-ring (bicyclic) bond motifs is 3. The minimum absolute atomic E-state index is 1.07. The van der Waals surface area contributed by atoms with Gasteiger partial charge in [0.1, 0.15) is 0 Å². The number of pyridine rings is 1. The van der Waals surface area contributed by atoms with Crippen LogP contribution in [0.1, 0.15) is 6.92 Å². The number of para-hydroxylation sites is 1. The van der Waals surface area contributed by atoms with E-state index in [-0.39, 0.29) is 0 Å². The van der Waals surface area contributed by atoms with Crippen LogP contribution in [-0.4, -0.2) is 9.55 Å². The first-order valence-corrected chi connectivity index (χ1v) is 5.18. The van der Waals surface area contributed by atoms with Crippen molar-refractivity contribution in [2.75, 3.05) is 0 Å². The Morgan fingerprint density at radius 3 is 2.75 bits per heavy atom. The van der Waals surface area contributed by atoms with E-state index >= 15 is 0 Å². The van der Waals surface area contributed by atoms with Gasteiger partial charge >= 0.3 is 0 Å². The van der Waals surface area contributed by atoms with Crippen LogP contribution in [0.3, 0.4) is 0 Å². The SMILES string of the molecule is CC#Cn1c2ccccc2c2ccncc21. The molecule has 16 heavy (non-hydrogen) atoms. The van der Waals surface area contributed by atoms with E-state index in [1.54, 1.807) is 0 Å². The third-order valence-electron chi connectivity index (χ3n) is 2.70. The fraction of sp³-hybridized carbons (Fsp3) is 0.0714. The predicted molar refractivity (Wildman–Crippen MR) is 66.1 cm³/mol. The number of hydrogen-bond acceptors (Lipinski definition) is 1. The summed E-state index contributed by atoms with van der Waals surface area (Å²) >= 11 is 0. The first-order valence-electron chi connectivity index (χ1n) is 5.18. The fourth-order valence-electron chi connectivity index (χ4n) is 2.05. The zero-order valence-corrected chi connectivity index (χ0v) is 8.94. The monoisotopic (exact) mass is 206 g/mol. The smallest absolute Gasteiger partial charge is 0.0808 e. The van der Waals surface area contributed by atoms with Crippen LogP contribution in [-0.2, 0) is 0 Å². The Labute approximate surface area is 93.5 Å². The molecule has 0 aliphatic heterocycles. The predicted octanol–water partition coefficient (Wildman–Crippen LogP) is 3.02. The molecule has 0 radical (unpaired) electrons. The molecule has 0 saturated carbocycles. The van der Waals surface area contributed by atoms with Crippen LogP contribution in [0, 0.1) is 12.0 Å². The molecule has 0 N–H and O–H groups in total. The van der Waals surface area contributed by atoms with Gasteiger partial charge in [-0.15, -0.1) is 0 Å². The second-order valence-electron chi connectivity index (χ2n) is 3.61. The van der Waals surface area contributed by atoms with E-state index in [1.165, 1.54) is 10.8 Å². The molecule has 0 amide bonds. The van der Waals surface area contributed by atoms with Gasteiger partial charge in [-0.2, -0.15) is 0 Å². The van der Waals surface area contributed by atoms with Crippen molar-refractivity contribution in [2.45, 2.75) is 6.92 Å². The molecule has 3 rings (SSSR count). The molecule has 2 nitrogen and oxygen atoms in total. The normalized spacial score (nSPS) is 10.3. The Morgan fingerprint density at radius 2 is 1.88 bits per heavy atom. The largest absolute Gasteiger partial charge is 0.267 e. The summed E-state index contributed by atoms with van der Waals surface area (Å²) in [4.78, 5) is 4.16. The lowest BCUT2D eigenvalue weighted by atomic mass is 10.2. The van der Waals surface area contributed by atoms with Gasteiger partial charge in [0, 0.05) is 23.0 Å². The highest BCUT2D eigenvalue weighted by Crippen LogP contribution is 2.26. The molecular formula is C14H10N2. The highest BCUT2D eigenvalue weighted by atomic mass is 15.0. The van der Waals surface area contributed by atoms with Crippen molar-refractivity contribution in [1.82, 2.24) is 9.55 Å². The van der Waals surface area contributed by atoms with Crippen molar-refractivity contribution in [3.8, 4) is 12.0 Å². The van der Waals surface area contributed by atoms with E-state index in [9.17, 15) is 0 Å². The second-order valence-corrected chi connectivity index (χ2v) is 3.61. The Hall–Kier alpha value is -2.27. The van der Waals surface area contributed by atoms with E-state index < -0.39 is 0 Å². The minimum Gasteiger partial charge on any atom is -0.267 e. The van der Waals surface area contributed by atoms with Crippen LogP contribution in [0.25, 0.3) is 21.8 Å². The number of nitrogens with zero attached hydrogens (tertiary/aromatic N) is 2. The van der Waals surface area contributed by atoms with Crippen molar-refractivity contribution >= 4 is 21.8 Å². The molecule has 2 heterocycles. The Kier molecular flexibility index (Phi) is 1.91. The van der Waals surface area contributed by atoms with Crippen molar-refractivity contribution in [3.05, 3.63) is 42.7 Å². The molecule has 76 valence electrons. The summed E-state index contributed by atoms with van der Waals surface area (Å²) in [5, 5.41) is 2.43. The molecule has 2 aromatic heterocycles. The molecule has 0 atom stereocenters. The van der Waals surface area contributed by atoms with Gasteiger partial charge in [-0.05, 0) is 19.1 Å². The second kappa shape index (κ2) is 3.39. The van der Waals surface area contributed by atoms with Crippen LogP contribution in [0.2, 0.25) is 0 Å². The van der Waals surface area contributed by atoms with E-state index in [4.69, 9.17) is 0 Å². The van der Waals surface area contributed by atoms with Crippen LogP contribution >= 0.6 is 0 Å². The Bertz CT molecular complexity index is 673. The molecule has 0 spiro atoms. The number of hydrogen-bond donors (Lipinski definition) is 0. The molecule has 0 unspecified atom stereocenters. The Balaban J connectivity index is 2.62. The first kappa shape index (κ1) is 8.99. The van der Waals surface area contributed by atoms with Gasteiger partial charge in [0.05, 0.1) is 17.2 Å². The lowest BCUT2D eigenvalue weighted by molar-refractivity contribution is 1.23.